The zero-order valence-corrected chi connectivity index (χ0v) is 21.5. The number of nitrogens with zero attached hydrogens (tertiary/aromatic N) is 1. The van der Waals surface area contributed by atoms with Crippen molar-refractivity contribution in [2.75, 3.05) is 7.11 Å². The zero-order valence-electron chi connectivity index (χ0n) is 19.8. The molecule has 0 bridgehead atoms. The molecule has 1 saturated heterocycles. The molecule has 6 nitrogen and oxygen atoms in total. The molecular weight excluding hydrogens is 504 g/mol. The van der Waals surface area contributed by atoms with Gasteiger partial charge in [-0.15, -0.1) is 0 Å². The van der Waals surface area contributed by atoms with Crippen molar-refractivity contribution in [3.8, 4) is 11.5 Å². The number of hydrogen-bond donors (Lipinski definition) is 1. The minimum atomic E-state index is -0.437. The number of thioether (sulfide) groups is 1. The number of carbonyl (C=O) groups is 2. The lowest BCUT2D eigenvalue weighted by Crippen LogP contribution is -2.44. The average molecular weight is 527 g/mol. The highest BCUT2D eigenvalue weighted by Crippen LogP contribution is 2.32. The highest BCUT2D eigenvalue weighted by molar-refractivity contribution is 8.26. The van der Waals surface area contributed by atoms with Crippen molar-refractivity contribution in [3.05, 3.63) is 113 Å². The number of rotatable bonds is 7. The van der Waals surface area contributed by atoms with E-state index in [0.29, 0.717) is 22.8 Å². The van der Waals surface area contributed by atoms with Gasteiger partial charge in [-0.05, 0) is 82.7 Å². The van der Waals surface area contributed by atoms with Gasteiger partial charge in [0.2, 0.25) is 0 Å². The van der Waals surface area contributed by atoms with Gasteiger partial charge in [-0.25, -0.2) is 0 Å². The van der Waals surface area contributed by atoms with Crippen molar-refractivity contribution in [3.63, 3.8) is 0 Å². The Hall–Kier alpha value is -4.14. The smallest absolute Gasteiger partial charge is 0.285 e. The Morgan fingerprint density at radius 3 is 2.38 bits per heavy atom. The van der Waals surface area contributed by atoms with Crippen LogP contribution < -0.4 is 14.9 Å². The number of amides is 2. The average Bonchev–Trinajstić information content (AvgIpc) is 3.19. The monoisotopic (exact) mass is 526 g/mol. The van der Waals surface area contributed by atoms with Crippen molar-refractivity contribution in [1.82, 2.24) is 10.4 Å². The molecule has 4 aromatic carbocycles. The van der Waals surface area contributed by atoms with Crippen molar-refractivity contribution in [2.24, 2.45) is 0 Å². The van der Waals surface area contributed by atoms with Gasteiger partial charge < -0.3 is 9.47 Å². The van der Waals surface area contributed by atoms with E-state index in [2.05, 4.69) is 35.8 Å². The fraction of sp³-hybridized carbons (Fsp3) is 0.0690. The summed E-state index contributed by atoms with van der Waals surface area (Å²) < 4.78 is 11.3. The van der Waals surface area contributed by atoms with Crippen LogP contribution in [0.2, 0.25) is 0 Å². The Bertz CT molecular complexity index is 1520. The Labute approximate surface area is 223 Å². The van der Waals surface area contributed by atoms with E-state index in [1.54, 1.807) is 37.5 Å². The van der Waals surface area contributed by atoms with Crippen LogP contribution in [-0.4, -0.2) is 28.3 Å². The number of hydrogen-bond acceptors (Lipinski definition) is 6. The van der Waals surface area contributed by atoms with Crippen molar-refractivity contribution in [2.45, 2.75) is 6.61 Å². The number of fused-ring (bicyclic) bond motifs is 1. The standard InChI is InChI=1S/C29H22N2O4S2/c1-34-24-14-10-22(11-15-24)27(32)30-31-28(33)26(37-29(31)36)17-19-7-12-25(13-8-19)35-18-20-6-9-21-4-2-3-5-23(21)16-20/h2-17H,18H2,1H3,(H,30,32)/b26-17-. The summed E-state index contributed by atoms with van der Waals surface area (Å²) in [5, 5.41) is 3.47. The molecule has 1 fully saturated rings. The first-order valence-corrected chi connectivity index (χ1v) is 12.7. The molecule has 0 aromatic heterocycles. The van der Waals surface area contributed by atoms with Gasteiger partial charge in [-0.3, -0.25) is 15.0 Å². The highest BCUT2D eigenvalue weighted by Gasteiger charge is 2.33. The second-order valence-electron chi connectivity index (χ2n) is 8.23. The maximum Gasteiger partial charge on any atom is 0.285 e. The maximum atomic E-state index is 12.9. The third-order valence-electron chi connectivity index (χ3n) is 5.76. The summed E-state index contributed by atoms with van der Waals surface area (Å²) >= 11 is 6.46. The third-order valence-corrected chi connectivity index (χ3v) is 7.06. The van der Waals surface area contributed by atoms with Crippen LogP contribution in [0.5, 0.6) is 11.5 Å². The van der Waals surface area contributed by atoms with Gasteiger partial charge in [0.1, 0.15) is 18.1 Å². The highest BCUT2D eigenvalue weighted by atomic mass is 32.2. The van der Waals surface area contributed by atoms with E-state index in [0.717, 1.165) is 33.6 Å². The number of carbonyl (C=O) groups excluding carboxylic acids is 2. The number of thiocarbonyl (C=S) groups is 1. The second kappa shape index (κ2) is 10.9. The molecule has 1 aliphatic heterocycles. The van der Waals surface area contributed by atoms with Crippen LogP contribution in [0, 0.1) is 0 Å². The van der Waals surface area contributed by atoms with Gasteiger partial charge in [0.05, 0.1) is 12.0 Å². The molecule has 1 N–H and O–H groups in total. The van der Waals surface area contributed by atoms with E-state index in [1.807, 2.05) is 36.4 Å². The van der Waals surface area contributed by atoms with Crippen LogP contribution in [0.4, 0.5) is 0 Å². The predicted molar refractivity (Wildman–Crippen MR) is 150 cm³/mol. The fourth-order valence-corrected chi connectivity index (χ4v) is 4.96. The van der Waals surface area contributed by atoms with Gasteiger partial charge in [-0.1, -0.05) is 60.3 Å². The molecule has 1 aliphatic rings. The van der Waals surface area contributed by atoms with E-state index in [1.165, 1.54) is 10.8 Å². The molecule has 2 amide bonds. The van der Waals surface area contributed by atoms with Crippen molar-refractivity contribution >= 4 is 57.0 Å². The molecule has 184 valence electrons. The molecule has 37 heavy (non-hydrogen) atoms. The van der Waals surface area contributed by atoms with Gasteiger partial charge in [0.25, 0.3) is 11.8 Å². The molecule has 0 spiro atoms. The fourth-order valence-electron chi connectivity index (χ4n) is 3.78. The molecular formula is C29H22N2O4S2. The third kappa shape index (κ3) is 5.66. The summed E-state index contributed by atoms with van der Waals surface area (Å²) in [7, 11) is 1.55. The Balaban J connectivity index is 1.21. The van der Waals surface area contributed by atoms with Gasteiger partial charge in [0, 0.05) is 5.56 Å². The summed E-state index contributed by atoms with van der Waals surface area (Å²) in [4.78, 5) is 25.9. The van der Waals surface area contributed by atoms with E-state index < -0.39 is 5.91 Å². The van der Waals surface area contributed by atoms with Crippen LogP contribution in [0.15, 0.2) is 95.9 Å². The topological polar surface area (TPSA) is 67.9 Å². The molecule has 4 aromatic rings. The van der Waals surface area contributed by atoms with E-state index in [9.17, 15) is 9.59 Å². The summed E-state index contributed by atoms with van der Waals surface area (Å²) in [6.07, 6.45) is 1.74. The molecule has 0 radical (unpaired) electrons. The summed E-state index contributed by atoms with van der Waals surface area (Å²) in [6, 6.07) is 28.5. The molecule has 0 aliphatic carbocycles. The van der Waals surface area contributed by atoms with E-state index in [-0.39, 0.29) is 10.2 Å². The first-order valence-electron chi connectivity index (χ1n) is 11.4. The number of methoxy groups -OCH3 is 1. The summed E-state index contributed by atoms with van der Waals surface area (Å²) in [6.45, 7) is 0.455. The van der Waals surface area contributed by atoms with E-state index in [4.69, 9.17) is 21.7 Å². The van der Waals surface area contributed by atoms with E-state index >= 15 is 0 Å². The normalized spacial score (nSPS) is 14.3. The van der Waals surface area contributed by atoms with Crippen LogP contribution in [-0.2, 0) is 11.4 Å². The number of nitrogens with one attached hydrogen (secondary N) is 1. The van der Waals surface area contributed by atoms with Crippen LogP contribution >= 0.6 is 24.0 Å². The Morgan fingerprint density at radius 2 is 1.65 bits per heavy atom. The largest absolute Gasteiger partial charge is 0.497 e. The first kappa shape index (κ1) is 24.5. The molecule has 8 heteroatoms. The second-order valence-corrected chi connectivity index (χ2v) is 9.90. The van der Waals surface area contributed by atoms with Gasteiger partial charge >= 0.3 is 0 Å². The molecule has 5 rings (SSSR count). The number of hydrazine groups is 1. The maximum absolute atomic E-state index is 12.9. The lowest BCUT2D eigenvalue weighted by atomic mass is 10.1. The minimum Gasteiger partial charge on any atom is -0.497 e. The SMILES string of the molecule is COc1ccc(C(=O)NN2C(=O)/C(=C/c3ccc(OCc4ccc5ccccc5c4)cc3)SC2=S)cc1. The van der Waals surface area contributed by atoms with Crippen LogP contribution in [0.1, 0.15) is 21.5 Å². The summed E-state index contributed by atoms with van der Waals surface area (Å²) in [5.74, 6) is 0.543. The molecule has 1 heterocycles. The lowest BCUT2D eigenvalue weighted by Gasteiger charge is -2.15. The Morgan fingerprint density at radius 1 is 0.946 bits per heavy atom. The molecule has 0 saturated carbocycles. The van der Waals surface area contributed by atoms with Crippen molar-refractivity contribution < 1.29 is 19.1 Å². The van der Waals surface area contributed by atoms with Gasteiger partial charge in [-0.2, -0.15) is 5.01 Å². The number of ether oxygens (including phenoxy) is 2. The predicted octanol–water partition coefficient (Wildman–Crippen LogP) is 5.97. The Kier molecular flexibility index (Phi) is 7.20. The quantitative estimate of drug-likeness (QED) is 0.236. The van der Waals surface area contributed by atoms with Gasteiger partial charge in [0.15, 0.2) is 4.32 Å². The van der Waals surface area contributed by atoms with Crippen LogP contribution in [0.25, 0.3) is 16.8 Å². The minimum absolute atomic E-state index is 0.258. The number of benzene rings is 4. The molecule has 0 unspecified atom stereocenters. The molecule has 0 atom stereocenters. The first-order chi connectivity index (χ1) is 18.0. The van der Waals surface area contributed by atoms with Crippen molar-refractivity contribution in [1.29, 1.82) is 0 Å². The lowest BCUT2D eigenvalue weighted by molar-refractivity contribution is -0.123. The summed E-state index contributed by atoms with van der Waals surface area (Å²) in [5.41, 5.74) is 4.87. The van der Waals surface area contributed by atoms with Crippen LogP contribution in [0.3, 0.4) is 0 Å². The zero-order chi connectivity index (χ0) is 25.8.